The number of carbonyl (C=O) groups excluding carboxylic acids is 4. The van der Waals surface area contributed by atoms with E-state index in [1.54, 1.807) is 63.5 Å². The van der Waals surface area contributed by atoms with Crippen molar-refractivity contribution in [1.29, 1.82) is 0 Å². The van der Waals surface area contributed by atoms with Crippen molar-refractivity contribution in [2.75, 3.05) is 52.9 Å². The van der Waals surface area contributed by atoms with E-state index in [4.69, 9.17) is 33.9 Å². The van der Waals surface area contributed by atoms with Crippen LogP contribution < -0.4 is 0 Å². The Morgan fingerprint density at radius 1 is 0.567 bits per heavy atom. The first-order valence-electron chi connectivity index (χ1n) is 22.7. The first-order valence-corrected chi connectivity index (χ1v) is 27.2. The molecule has 0 saturated carbocycles. The molecule has 0 saturated heterocycles. The van der Waals surface area contributed by atoms with Gasteiger partial charge in [0, 0.05) is 28.2 Å². The lowest BCUT2D eigenvalue weighted by atomic mass is 10.1. The molecule has 0 bridgehead atoms. The van der Waals surface area contributed by atoms with Crippen molar-refractivity contribution < 1.29 is 28.7 Å². The molecular weight excluding hydrogens is 869 g/mol. The van der Waals surface area contributed by atoms with Crippen molar-refractivity contribution in [2.24, 2.45) is 5.92 Å². The van der Waals surface area contributed by atoms with Crippen LogP contribution >= 0.6 is 71.5 Å². The van der Waals surface area contributed by atoms with E-state index in [-0.39, 0.29) is 40.2 Å². The van der Waals surface area contributed by atoms with Gasteiger partial charge in [-0.25, -0.2) is 0 Å². The summed E-state index contributed by atoms with van der Waals surface area (Å²) in [5.41, 5.74) is 0. The Hall–Kier alpha value is -0.800. The number of carbonyl (C=O) groups is 4. The van der Waals surface area contributed by atoms with Crippen molar-refractivity contribution in [1.82, 2.24) is 9.80 Å². The van der Waals surface area contributed by atoms with Crippen molar-refractivity contribution in [2.45, 2.75) is 187 Å². The summed E-state index contributed by atoms with van der Waals surface area (Å²) < 4.78 is 11.7. The van der Waals surface area contributed by atoms with Gasteiger partial charge >= 0.3 is 11.9 Å². The summed E-state index contributed by atoms with van der Waals surface area (Å²) in [6.45, 7) is 15.9. The van der Waals surface area contributed by atoms with Crippen LogP contribution in [0.2, 0.25) is 0 Å². The third-order valence-electron chi connectivity index (χ3n) is 9.15. The van der Waals surface area contributed by atoms with Crippen LogP contribution in [0.5, 0.6) is 0 Å². The molecular formula is C46H86N2O6S6. The quantitative estimate of drug-likeness (QED) is 0.0278. The highest BCUT2D eigenvalue weighted by molar-refractivity contribution is 8.48. The van der Waals surface area contributed by atoms with Gasteiger partial charge in [0.2, 0.25) is 11.8 Å². The van der Waals surface area contributed by atoms with E-state index in [1.165, 1.54) is 156 Å². The molecule has 3 unspecified atom stereocenters. The molecule has 0 aromatic heterocycles. The number of rotatable bonds is 32. The van der Waals surface area contributed by atoms with Gasteiger partial charge in [-0.3, -0.25) is 19.2 Å². The summed E-state index contributed by atoms with van der Waals surface area (Å²) >= 11 is 17.1. The second kappa shape index (κ2) is 46.2. The Morgan fingerprint density at radius 3 is 1.27 bits per heavy atom. The van der Waals surface area contributed by atoms with Gasteiger partial charge < -0.3 is 19.3 Å². The standard InChI is InChI=1S/C23H43NO3S3.C18H34O2S3.C5H9NO/c1-6-8-9-10-11-12-13-14-15-16-17-29-23(28)30-20(21(25)24(4)5)18-19(3)22(26)27-7-2;1-4-6-7-8-9-10-11-12-13-14-15-22-18(21)23-16(3)17(19)20-5-2;1-4-5(7)6(2)3/h19-20H,6-18H2,1-5H3;16H,4-15H2,1-3H3;4H,1H2,2-3H3. The fourth-order valence-electron chi connectivity index (χ4n) is 5.50. The summed E-state index contributed by atoms with van der Waals surface area (Å²) in [6, 6.07) is 0. The monoisotopic (exact) mass is 954 g/mol. The summed E-state index contributed by atoms with van der Waals surface area (Å²) in [6.07, 6.45) is 28.5. The predicted octanol–water partition coefficient (Wildman–Crippen LogP) is 13.6. The van der Waals surface area contributed by atoms with E-state index in [9.17, 15) is 19.2 Å². The molecule has 0 aromatic carbocycles. The maximum atomic E-state index is 12.5. The normalized spacial score (nSPS) is 12.0. The number of hydrogen-bond acceptors (Lipinski definition) is 12. The molecule has 352 valence electrons. The van der Waals surface area contributed by atoms with Crippen molar-refractivity contribution in [3.05, 3.63) is 12.7 Å². The highest BCUT2D eigenvalue weighted by Crippen LogP contribution is 2.29. The lowest BCUT2D eigenvalue weighted by Crippen LogP contribution is -2.34. The van der Waals surface area contributed by atoms with Gasteiger partial charge in [-0.2, -0.15) is 0 Å². The van der Waals surface area contributed by atoms with Crippen LogP contribution in [0.15, 0.2) is 12.7 Å². The molecule has 0 aromatic rings. The van der Waals surface area contributed by atoms with E-state index in [2.05, 4.69) is 20.4 Å². The van der Waals surface area contributed by atoms with E-state index in [0.29, 0.717) is 19.6 Å². The first-order chi connectivity index (χ1) is 28.6. The summed E-state index contributed by atoms with van der Waals surface area (Å²) in [5, 5.41) is -0.533. The van der Waals surface area contributed by atoms with E-state index < -0.39 is 0 Å². The molecule has 0 aliphatic rings. The molecule has 0 N–H and O–H groups in total. The Morgan fingerprint density at radius 2 is 0.933 bits per heavy atom. The Balaban J connectivity index is -0.000000954. The van der Waals surface area contributed by atoms with Crippen LogP contribution in [0, 0.1) is 5.92 Å². The molecule has 0 radical (unpaired) electrons. The SMILES string of the molecule is C=CC(=O)N(C)C.CCCCCCCCCCCCSC(=S)SC(C)C(=O)OCC.CCCCCCCCCCCCSC(=S)SC(CC(C)C(=O)OCC)C(=O)N(C)C. The number of nitrogens with zero attached hydrogens (tertiary/aromatic N) is 2. The maximum absolute atomic E-state index is 12.5. The van der Waals surface area contributed by atoms with Crippen molar-refractivity contribution in [3.63, 3.8) is 0 Å². The van der Waals surface area contributed by atoms with Gasteiger partial charge in [-0.05, 0) is 57.6 Å². The molecule has 0 aliphatic heterocycles. The number of ether oxygens (including phenoxy) is 2. The molecule has 0 aliphatic carbocycles. The van der Waals surface area contributed by atoms with Gasteiger partial charge in [0.15, 0.2) is 0 Å². The maximum Gasteiger partial charge on any atom is 0.319 e. The largest absolute Gasteiger partial charge is 0.466 e. The average molecular weight is 956 g/mol. The number of unbranched alkanes of at least 4 members (excludes halogenated alkanes) is 18. The molecule has 3 atom stereocenters. The molecule has 0 fully saturated rings. The number of amides is 2. The van der Waals surface area contributed by atoms with Crippen molar-refractivity contribution >= 4 is 102 Å². The molecule has 14 heteroatoms. The van der Waals surface area contributed by atoms with Crippen LogP contribution in [0.3, 0.4) is 0 Å². The number of esters is 2. The summed E-state index contributed by atoms with van der Waals surface area (Å²) in [4.78, 5) is 49.4. The first kappa shape index (κ1) is 63.5. The summed E-state index contributed by atoms with van der Waals surface area (Å²) in [7, 11) is 6.85. The molecule has 0 heterocycles. The fourth-order valence-corrected chi connectivity index (χ4v) is 11.0. The number of thioether (sulfide) groups is 4. The van der Waals surface area contributed by atoms with Gasteiger partial charge in [-0.1, -0.05) is 191 Å². The minimum absolute atomic E-state index is 0.00182. The fraction of sp³-hybridized carbons (Fsp3) is 0.826. The van der Waals surface area contributed by atoms with Crippen LogP contribution in [-0.2, 0) is 28.7 Å². The van der Waals surface area contributed by atoms with E-state index in [1.807, 2.05) is 20.8 Å². The van der Waals surface area contributed by atoms with Crippen LogP contribution in [0.25, 0.3) is 0 Å². The molecule has 0 spiro atoms. The third-order valence-corrected chi connectivity index (χ3v) is 14.8. The van der Waals surface area contributed by atoms with Gasteiger partial charge in [0.1, 0.15) is 12.3 Å². The second-order valence-electron chi connectivity index (χ2n) is 15.2. The minimum atomic E-state index is -0.341. The minimum Gasteiger partial charge on any atom is -0.466 e. The number of likely N-dealkylation sites (N-methyl/N-ethyl adjacent to an activating group) is 1. The Labute approximate surface area is 396 Å². The number of thiocarbonyl (C=S) groups is 2. The molecule has 2 amide bonds. The van der Waals surface area contributed by atoms with Gasteiger partial charge in [0.25, 0.3) is 0 Å². The third kappa shape index (κ3) is 42.5. The van der Waals surface area contributed by atoms with E-state index in [0.717, 1.165) is 25.0 Å². The zero-order valence-corrected chi connectivity index (χ0v) is 44.4. The van der Waals surface area contributed by atoms with E-state index >= 15 is 0 Å². The molecule has 0 rings (SSSR count). The van der Waals surface area contributed by atoms with Gasteiger partial charge in [-0.15, -0.1) is 23.5 Å². The highest BCUT2D eigenvalue weighted by Gasteiger charge is 2.28. The Bertz CT molecular complexity index is 1130. The topological polar surface area (TPSA) is 93.2 Å². The zero-order valence-electron chi connectivity index (χ0n) is 39.5. The molecule has 60 heavy (non-hydrogen) atoms. The predicted molar refractivity (Wildman–Crippen MR) is 277 cm³/mol. The second-order valence-corrected chi connectivity index (χ2v) is 22.4. The smallest absolute Gasteiger partial charge is 0.319 e. The lowest BCUT2D eigenvalue weighted by Gasteiger charge is -2.22. The molecule has 8 nitrogen and oxygen atoms in total. The lowest BCUT2D eigenvalue weighted by molar-refractivity contribution is -0.147. The Kier molecular flexibility index (Phi) is 48.9. The summed E-state index contributed by atoms with van der Waals surface area (Å²) in [5.74, 6) is 1.27. The zero-order chi connectivity index (χ0) is 46.0. The van der Waals surface area contributed by atoms with Crippen LogP contribution in [-0.4, -0.2) is 104 Å². The van der Waals surface area contributed by atoms with Crippen LogP contribution in [0.4, 0.5) is 0 Å². The van der Waals surface area contributed by atoms with Gasteiger partial charge in [0.05, 0.1) is 24.4 Å². The highest BCUT2D eigenvalue weighted by atomic mass is 32.2. The average Bonchev–Trinajstić information content (AvgIpc) is 3.21. The van der Waals surface area contributed by atoms with Crippen molar-refractivity contribution in [3.8, 4) is 0 Å². The van der Waals surface area contributed by atoms with Crippen LogP contribution in [0.1, 0.15) is 176 Å². The number of hydrogen-bond donors (Lipinski definition) is 0.